The molecule has 4 aromatic rings. The minimum absolute atomic E-state index is 0.156. The number of aryl methyl sites for hydroxylation is 3. The van der Waals surface area contributed by atoms with E-state index in [1.165, 1.54) is 11.1 Å². The van der Waals surface area contributed by atoms with Gasteiger partial charge in [-0.2, -0.15) is 0 Å². The van der Waals surface area contributed by atoms with Gasteiger partial charge in [0.2, 0.25) is 0 Å². The van der Waals surface area contributed by atoms with Crippen LogP contribution in [0.15, 0.2) is 97.1 Å². The molecule has 3 nitrogen and oxygen atoms in total. The lowest BCUT2D eigenvalue weighted by atomic mass is 10.1. The normalized spacial score (nSPS) is 11.0. The molecule has 0 aliphatic carbocycles. The molecule has 170 valence electrons. The van der Waals surface area contributed by atoms with E-state index in [0.29, 0.717) is 6.42 Å². The van der Waals surface area contributed by atoms with Gasteiger partial charge in [0, 0.05) is 23.5 Å². The number of anilines is 3. The molecule has 3 heteroatoms. The maximum Gasteiger partial charge on any atom is 0.303 e. The van der Waals surface area contributed by atoms with Gasteiger partial charge in [0.05, 0.1) is 0 Å². The molecule has 1 N–H and O–H groups in total. The van der Waals surface area contributed by atoms with Crippen molar-refractivity contribution in [2.24, 2.45) is 0 Å². The second-order valence-corrected chi connectivity index (χ2v) is 8.57. The standard InChI is InChI=1S/C31H29NO2/c1-23-3-16-28(17-4-23)32(29-18-5-24(2)6-19-29)30-20-13-27(14-21-30)12-9-25-7-10-26(11-8-25)15-22-31(33)34/h3-14,16-21H,15,22H2,1-2H3,(H,33,34). The average Bonchev–Trinajstić information content (AvgIpc) is 2.85. The number of benzene rings is 4. The lowest BCUT2D eigenvalue weighted by Gasteiger charge is -2.25. The van der Waals surface area contributed by atoms with Gasteiger partial charge in [-0.05, 0) is 73.4 Å². The number of hydrogen-bond donors (Lipinski definition) is 1. The monoisotopic (exact) mass is 447 g/mol. The number of hydrogen-bond acceptors (Lipinski definition) is 2. The summed E-state index contributed by atoms with van der Waals surface area (Å²) >= 11 is 0. The SMILES string of the molecule is Cc1ccc(N(c2ccc(C)cc2)c2ccc(C=Cc3ccc(CCC(=O)O)cc3)cc2)cc1. The summed E-state index contributed by atoms with van der Waals surface area (Å²) in [6.07, 6.45) is 4.88. The van der Waals surface area contributed by atoms with Crippen LogP contribution in [0, 0.1) is 13.8 Å². The Morgan fingerprint density at radius 1 is 0.647 bits per heavy atom. The molecular formula is C31H29NO2. The van der Waals surface area contributed by atoms with E-state index >= 15 is 0 Å². The van der Waals surface area contributed by atoms with Crippen LogP contribution in [0.3, 0.4) is 0 Å². The Hall–Kier alpha value is -4.11. The third-order valence-electron chi connectivity index (χ3n) is 5.81. The van der Waals surface area contributed by atoms with E-state index in [9.17, 15) is 4.79 Å². The van der Waals surface area contributed by atoms with Crippen molar-refractivity contribution in [3.8, 4) is 0 Å². The Labute approximate surface area is 201 Å². The first-order valence-corrected chi connectivity index (χ1v) is 11.5. The highest BCUT2D eigenvalue weighted by molar-refractivity contribution is 5.78. The van der Waals surface area contributed by atoms with Crippen LogP contribution in [0.4, 0.5) is 17.1 Å². The van der Waals surface area contributed by atoms with E-state index in [1.807, 2.05) is 24.3 Å². The fourth-order valence-electron chi connectivity index (χ4n) is 3.81. The lowest BCUT2D eigenvalue weighted by molar-refractivity contribution is -0.136. The van der Waals surface area contributed by atoms with Gasteiger partial charge in [0.15, 0.2) is 0 Å². The summed E-state index contributed by atoms with van der Waals surface area (Å²) in [6.45, 7) is 4.20. The molecule has 0 aliphatic rings. The highest BCUT2D eigenvalue weighted by Crippen LogP contribution is 2.34. The molecule has 0 spiro atoms. The van der Waals surface area contributed by atoms with Crippen LogP contribution >= 0.6 is 0 Å². The van der Waals surface area contributed by atoms with E-state index in [2.05, 4.69) is 104 Å². The Morgan fingerprint density at radius 2 is 1.03 bits per heavy atom. The fraction of sp³-hybridized carbons (Fsp3) is 0.129. The first-order chi connectivity index (χ1) is 16.5. The summed E-state index contributed by atoms with van der Waals surface area (Å²) in [5.41, 5.74) is 9.08. The Kier molecular flexibility index (Phi) is 7.24. The van der Waals surface area contributed by atoms with Crippen LogP contribution < -0.4 is 4.90 Å². The summed E-state index contributed by atoms with van der Waals surface area (Å²) in [6, 6.07) is 33.8. The lowest BCUT2D eigenvalue weighted by Crippen LogP contribution is -2.09. The molecule has 4 aromatic carbocycles. The van der Waals surface area contributed by atoms with Gasteiger partial charge in [-0.15, -0.1) is 0 Å². The zero-order valence-corrected chi connectivity index (χ0v) is 19.6. The van der Waals surface area contributed by atoms with E-state index in [1.54, 1.807) is 0 Å². The number of carboxylic acids is 1. The molecule has 34 heavy (non-hydrogen) atoms. The second kappa shape index (κ2) is 10.7. The van der Waals surface area contributed by atoms with Crippen molar-refractivity contribution in [3.05, 3.63) is 125 Å². The first-order valence-electron chi connectivity index (χ1n) is 11.5. The smallest absolute Gasteiger partial charge is 0.303 e. The third-order valence-corrected chi connectivity index (χ3v) is 5.81. The average molecular weight is 448 g/mol. The van der Waals surface area contributed by atoms with Crippen molar-refractivity contribution in [1.29, 1.82) is 0 Å². The number of nitrogens with zero attached hydrogens (tertiary/aromatic N) is 1. The predicted octanol–water partition coefficient (Wildman–Crippen LogP) is 7.96. The summed E-state index contributed by atoms with van der Waals surface area (Å²) in [5, 5.41) is 8.83. The van der Waals surface area contributed by atoms with E-state index in [-0.39, 0.29) is 6.42 Å². The minimum Gasteiger partial charge on any atom is -0.481 e. The molecule has 0 atom stereocenters. The molecule has 0 aliphatic heterocycles. The van der Waals surface area contributed by atoms with Crippen molar-refractivity contribution in [2.45, 2.75) is 26.7 Å². The second-order valence-electron chi connectivity index (χ2n) is 8.57. The largest absolute Gasteiger partial charge is 0.481 e. The van der Waals surface area contributed by atoms with Crippen LogP contribution in [0.5, 0.6) is 0 Å². The van der Waals surface area contributed by atoms with Gasteiger partial charge < -0.3 is 10.0 Å². The molecule has 0 bridgehead atoms. The highest BCUT2D eigenvalue weighted by atomic mass is 16.4. The van der Waals surface area contributed by atoms with Gasteiger partial charge in [-0.25, -0.2) is 0 Å². The maximum atomic E-state index is 10.7. The maximum absolute atomic E-state index is 10.7. The molecule has 0 unspecified atom stereocenters. The Morgan fingerprint density at radius 3 is 1.44 bits per heavy atom. The summed E-state index contributed by atoms with van der Waals surface area (Å²) in [5.74, 6) is -0.768. The van der Waals surface area contributed by atoms with Gasteiger partial charge in [0.1, 0.15) is 0 Å². The minimum atomic E-state index is -0.768. The van der Waals surface area contributed by atoms with Crippen molar-refractivity contribution in [1.82, 2.24) is 0 Å². The topological polar surface area (TPSA) is 40.5 Å². The van der Waals surface area contributed by atoms with Crippen LogP contribution in [0.1, 0.15) is 34.2 Å². The Bertz CT molecular complexity index is 1210. The fourth-order valence-corrected chi connectivity index (χ4v) is 3.81. The van der Waals surface area contributed by atoms with E-state index in [0.717, 1.165) is 33.8 Å². The summed E-state index contributed by atoms with van der Waals surface area (Å²) < 4.78 is 0. The van der Waals surface area contributed by atoms with Crippen molar-refractivity contribution >= 4 is 35.2 Å². The number of rotatable bonds is 8. The molecule has 0 radical (unpaired) electrons. The third kappa shape index (κ3) is 6.02. The zero-order valence-electron chi connectivity index (χ0n) is 19.6. The Balaban J connectivity index is 1.53. The highest BCUT2D eigenvalue weighted by Gasteiger charge is 2.12. The summed E-state index contributed by atoms with van der Waals surface area (Å²) in [7, 11) is 0. The zero-order chi connectivity index (χ0) is 23.9. The molecule has 0 aromatic heterocycles. The molecule has 0 heterocycles. The van der Waals surface area contributed by atoms with Crippen molar-refractivity contribution < 1.29 is 9.90 Å². The number of carbonyl (C=O) groups is 1. The molecule has 0 saturated heterocycles. The molecule has 0 saturated carbocycles. The molecular weight excluding hydrogens is 418 g/mol. The number of aliphatic carboxylic acids is 1. The number of carboxylic acid groups (broad SMARTS) is 1. The molecule has 4 rings (SSSR count). The van der Waals surface area contributed by atoms with E-state index < -0.39 is 5.97 Å². The van der Waals surface area contributed by atoms with Crippen LogP contribution in [-0.4, -0.2) is 11.1 Å². The van der Waals surface area contributed by atoms with Gasteiger partial charge in [0.25, 0.3) is 0 Å². The van der Waals surface area contributed by atoms with Gasteiger partial charge >= 0.3 is 5.97 Å². The van der Waals surface area contributed by atoms with Crippen LogP contribution in [0.25, 0.3) is 12.2 Å². The summed E-state index contributed by atoms with van der Waals surface area (Å²) in [4.78, 5) is 13.0. The van der Waals surface area contributed by atoms with Crippen LogP contribution in [-0.2, 0) is 11.2 Å². The van der Waals surface area contributed by atoms with Crippen LogP contribution in [0.2, 0.25) is 0 Å². The van der Waals surface area contributed by atoms with E-state index in [4.69, 9.17) is 5.11 Å². The van der Waals surface area contributed by atoms with Gasteiger partial charge in [-0.1, -0.05) is 83.9 Å². The van der Waals surface area contributed by atoms with Crippen molar-refractivity contribution in [3.63, 3.8) is 0 Å². The quantitative estimate of drug-likeness (QED) is 0.279. The molecule has 0 fully saturated rings. The first kappa shape index (κ1) is 23.1. The predicted molar refractivity (Wildman–Crippen MR) is 142 cm³/mol. The molecule has 0 amide bonds. The van der Waals surface area contributed by atoms with Crippen molar-refractivity contribution in [2.75, 3.05) is 4.90 Å². The van der Waals surface area contributed by atoms with Gasteiger partial charge in [-0.3, -0.25) is 4.79 Å².